The van der Waals surface area contributed by atoms with Gasteiger partial charge in [-0.15, -0.1) is 0 Å². The van der Waals surface area contributed by atoms with Gasteiger partial charge in [-0.1, -0.05) is 29.4 Å². The lowest BCUT2D eigenvalue weighted by Crippen LogP contribution is -2.24. The molecule has 0 bridgehead atoms. The second-order valence-corrected chi connectivity index (χ2v) is 6.79. The number of nitrogens with one attached hydrogen (secondary N) is 1. The van der Waals surface area contributed by atoms with Crippen molar-refractivity contribution in [1.82, 2.24) is 9.29 Å². The van der Waals surface area contributed by atoms with Crippen LogP contribution >= 0.6 is 15.9 Å². The van der Waals surface area contributed by atoms with E-state index in [0.29, 0.717) is 17.4 Å². The summed E-state index contributed by atoms with van der Waals surface area (Å²) in [6, 6.07) is 1.15. The Hall–Kier alpha value is -1.12. The van der Waals surface area contributed by atoms with Crippen LogP contribution in [0.25, 0.3) is 0 Å². The van der Waals surface area contributed by atoms with E-state index in [4.69, 9.17) is 5.11 Å². The first-order chi connectivity index (χ1) is 8.77. The number of halogens is 1. The van der Waals surface area contributed by atoms with E-state index >= 15 is 0 Å². The third-order valence-electron chi connectivity index (χ3n) is 2.32. The molecule has 0 atom stereocenters. The second kappa shape index (κ2) is 6.36. The Morgan fingerprint density at radius 1 is 1.58 bits per heavy atom. The van der Waals surface area contributed by atoms with E-state index in [2.05, 4.69) is 27.2 Å². The van der Waals surface area contributed by atoms with Crippen LogP contribution in [0, 0.1) is 0 Å². The van der Waals surface area contributed by atoms with Crippen LogP contribution in [0.2, 0.25) is 0 Å². The number of aromatic carboxylic acids is 1. The molecule has 2 N–H and O–H groups in total. The topological polar surface area (TPSA) is 88.4 Å². The highest BCUT2D eigenvalue weighted by Crippen LogP contribution is 2.15. The fraction of sp³-hybridized carbons (Fsp3) is 0.364. The highest BCUT2D eigenvalue weighted by atomic mass is 79.9. The summed E-state index contributed by atoms with van der Waals surface area (Å²) >= 11 is 3.05. The highest BCUT2D eigenvalue weighted by molar-refractivity contribution is 9.11. The average Bonchev–Trinajstić information content (AvgIpc) is 2.72. The smallest absolute Gasteiger partial charge is 0.352 e. The van der Waals surface area contributed by atoms with Gasteiger partial charge in [-0.3, -0.25) is 0 Å². The summed E-state index contributed by atoms with van der Waals surface area (Å²) in [4.78, 5) is 11.0. The van der Waals surface area contributed by atoms with Gasteiger partial charge in [0.25, 0.3) is 0 Å². The Morgan fingerprint density at radius 3 is 2.68 bits per heavy atom. The van der Waals surface area contributed by atoms with E-state index in [1.165, 1.54) is 10.8 Å². The van der Waals surface area contributed by atoms with E-state index in [0.717, 1.165) is 6.07 Å². The third-order valence-corrected chi connectivity index (χ3v) is 3.97. The van der Waals surface area contributed by atoms with Crippen molar-refractivity contribution in [2.24, 2.45) is 0 Å². The van der Waals surface area contributed by atoms with Gasteiger partial charge < -0.3 is 9.67 Å². The van der Waals surface area contributed by atoms with E-state index in [1.807, 2.05) is 6.92 Å². The summed E-state index contributed by atoms with van der Waals surface area (Å²) in [5.41, 5.74) is -0.0418. The molecule has 1 aromatic heterocycles. The summed E-state index contributed by atoms with van der Waals surface area (Å²) in [6.07, 6.45) is 2.03. The molecular formula is C11H15BrN2O4S. The van der Waals surface area contributed by atoms with Crippen LogP contribution in [0.3, 0.4) is 0 Å². The molecule has 0 saturated carbocycles. The maximum Gasteiger partial charge on any atom is 0.352 e. The van der Waals surface area contributed by atoms with E-state index < -0.39 is 16.0 Å². The number of carboxylic acid groups (broad SMARTS) is 1. The molecule has 1 rings (SSSR count). The molecule has 1 aromatic rings. The Balaban J connectivity index is 3.10. The predicted molar refractivity (Wildman–Crippen MR) is 74.9 cm³/mol. The third kappa shape index (κ3) is 4.19. The lowest BCUT2D eigenvalue weighted by molar-refractivity contribution is 0.0685. The Bertz CT molecular complexity index is 592. The van der Waals surface area contributed by atoms with Crippen molar-refractivity contribution in [1.29, 1.82) is 0 Å². The number of rotatable bonds is 7. The summed E-state index contributed by atoms with van der Waals surface area (Å²) in [7, 11) is -3.73. The van der Waals surface area contributed by atoms with Crippen molar-refractivity contribution >= 4 is 31.9 Å². The first kappa shape index (κ1) is 15.9. The number of carbonyl (C=O) groups is 1. The molecule has 0 aromatic carbocycles. The Kier molecular flexibility index (Phi) is 5.33. The first-order valence-corrected chi connectivity index (χ1v) is 7.82. The fourth-order valence-electron chi connectivity index (χ4n) is 1.49. The molecule has 0 aliphatic rings. The van der Waals surface area contributed by atoms with Crippen molar-refractivity contribution in [3.8, 4) is 0 Å². The molecule has 0 aliphatic heterocycles. The number of hydrogen-bond donors (Lipinski definition) is 2. The van der Waals surface area contributed by atoms with Crippen LogP contribution in [0.4, 0.5) is 0 Å². The minimum absolute atomic E-state index is 0.0418. The molecule has 0 spiro atoms. The molecule has 0 amide bonds. The lowest BCUT2D eigenvalue weighted by atomic mass is 10.4. The van der Waals surface area contributed by atoms with Gasteiger partial charge >= 0.3 is 5.97 Å². The monoisotopic (exact) mass is 350 g/mol. The summed E-state index contributed by atoms with van der Waals surface area (Å²) in [5, 5.41) is 9.03. The van der Waals surface area contributed by atoms with Crippen molar-refractivity contribution in [3.63, 3.8) is 0 Å². The SMILES string of the molecule is C=C(Br)CNS(=O)(=O)c1cc(C(=O)O)n(CCC)c1. The minimum atomic E-state index is -3.73. The van der Waals surface area contributed by atoms with Gasteiger partial charge in [0.2, 0.25) is 10.0 Å². The minimum Gasteiger partial charge on any atom is -0.477 e. The Labute approximate surface area is 120 Å². The van der Waals surface area contributed by atoms with Gasteiger partial charge in [-0.05, 0) is 12.5 Å². The van der Waals surface area contributed by atoms with Crippen LogP contribution < -0.4 is 4.72 Å². The number of carboxylic acids is 1. The molecule has 0 aliphatic carbocycles. The van der Waals surface area contributed by atoms with Gasteiger partial charge in [-0.25, -0.2) is 17.9 Å². The zero-order valence-corrected chi connectivity index (χ0v) is 12.8. The van der Waals surface area contributed by atoms with Crippen LogP contribution in [0.5, 0.6) is 0 Å². The molecule has 8 heteroatoms. The number of aryl methyl sites for hydroxylation is 1. The average molecular weight is 351 g/mol. The zero-order valence-electron chi connectivity index (χ0n) is 10.4. The predicted octanol–water partition coefficient (Wildman–Crippen LogP) is 1.78. The molecule has 0 saturated heterocycles. The number of aromatic nitrogens is 1. The normalized spacial score (nSPS) is 11.5. The Morgan fingerprint density at radius 2 is 2.21 bits per heavy atom. The molecule has 0 unspecified atom stereocenters. The maximum absolute atomic E-state index is 11.9. The molecular weight excluding hydrogens is 336 g/mol. The van der Waals surface area contributed by atoms with Crippen LogP contribution in [0.1, 0.15) is 23.8 Å². The molecule has 1 heterocycles. The second-order valence-electron chi connectivity index (χ2n) is 3.90. The molecule has 0 fully saturated rings. The first-order valence-electron chi connectivity index (χ1n) is 5.54. The van der Waals surface area contributed by atoms with Crippen molar-refractivity contribution in [3.05, 3.63) is 29.0 Å². The summed E-state index contributed by atoms with van der Waals surface area (Å²) in [5.74, 6) is -1.15. The molecule has 106 valence electrons. The van der Waals surface area contributed by atoms with Crippen molar-refractivity contribution in [2.75, 3.05) is 6.54 Å². The number of sulfonamides is 1. The van der Waals surface area contributed by atoms with Crippen LogP contribution in [-0.4, -0.2) is 30.6 Å². The zero-order chi connectivity index (χ0) is 14.6. The van der Waals surface area contributed by atoms with Crippen LogP contribution in [-0.2, 0) is 16.6 Å². The van der Waals surface area contributed by atoms with Gasteiger partial charge in [0, 0.05) is 23.8 Å². The van der Waals surface area contributed by atoms with E-state index in [-0.39, 0.29) is 17.1 Å². The number of nitrogens with zero attached hydrogens (tertiary/aromatic N) is 1. The van der Waals surface area contributed by atoms with Gasteiger partial charge in [0.15, 0.2) is 0 Å². The van der Waals surface area contributed by atoms with Gasteiger partial charge in [0.05, 0.1) is 0 Å². The van der Waals surface area contributed by atoms with E-state index in [9.17, 15) is 13.2 Å². The van der Waals surface area contributed by atoms with E-state index in [1.54, 1.807) is 0 Å². The quantitative estimate of drug-likeness (QED) is 0.784. The van der Waals surface area contributed by atoms with Crippen molar-refractivity contribution in [2.45, 2.75) is 24.8 Å². The lowest BCUT2D eigenvalue weighted by Gasteiger charge is -2.03. The molecule has 6 nitrogen and oxygen atoms in total. The molecule has 0 radical (unpaired) electrons. The maximum atomic E-state index is 11.9. The summed E-state index contributed by atoms with van der Waals surface area (Å²) in [6.45, 7) is 5.90. The van der Waals surface area contributed by atoms with Crippen LogP contribution in [0.15, 0.2) is 28.2 Å². The highest BCUT2D eigenvalue weighted by Gasteiger charge is 2.20. The largest absolute Gasteiger partial charge is 0.477 e. The fourth-order valence-corrected chi connectivity index (χ4v) is 2.88. The number of hydrogen-bond acceptors (Lipinski definition) is 3. The van der Waals surface area contributed by atoms with Gasteiger partial charge in [0.1, 0.15) is 10.6 Å². The standard InChI is InChI=1S/C11H15BrN2O4S/c1-3-4-14-7-9(5-10(14)11(15)16)19(17,18)13-6-8(2)12/h5,7,13H,2-4,6H2,1H3,(H,15,16). The molecule has 19 heavy (non-hydrogen) atoms. The summed E-state index contributed by atoms with van der Waals surface area (Å²) < 4.78 is 28.1. The van der Waals surface area contributed by atoms with Crippen molar-refractivity contribution < 1.29 is 18.3 Å². The van der Waals surface area contributed by atoms with Gasteiger partial charge in [-0.2, -0.15) is 0 Å².